The maximum Gasteiger partial charge on any atom is 0.340 e. The molecule has 3 aromatic rings. The molecule has 0 aliphatic rings. The van der Waals surface area contributed by atoms with Crippen LogP contribution in [0.3, 0.4) is 0 Å². The molecule has 232 valence electrons. The van der Waals surface area contributed by atoms with Crippen LogP contribution < -0.4 is 20.5 Å². The summed E-state index contributed by atoms with van der Waals surface area (Å²) in [6.07, 6.45) is -0.318. The predicted octanol–water partition coefficient (Wildman–Crippen LogP) is 5.63. The maximum absolute atomic E-state index is 12.3. The molecule has 3 N–H and O–H groups in total. The molecular formula is C29H36N3O10P. The first-order valence-corrected chi connectivity index (χ1v) is 15.1. The molecule has 0 saturated heterocycles. The third-order valence-corrected chi connectivity index (χ3v) is 7.19. The third-order valence-electron chi connectivity index (χ3n) is 5.21. The number of amides is 1. The standard InChI is InChI=1S/C16H23N2O9P.C13H13NO/c1-3-25-28(23,26-4-2)12-15(19)17-13-7-9-14(10-8-13)27-16(20)6-5-11-24-18(21)22;14-12-6-8-13(9-7-12)15-10-11-4-2-1-3-5-11/h7-10H,3-6,11-12H2,1-2H3,(H,17,19);1-9H,10,14H2. The number of esters is 1. The zero-order chi connectivity index (χ0) is 31.5. The normalized spacial score (nSPS) is 10.6. The van der Waals surface area contributed by atoms with E-state index in [1.54, 1.807) is 13.8 Å². The van der Waals surface area contributed by atoms with E-state index in [0.717, 1.165) is 17.0 Å². The van der Waals surface area contributed by atoms with Crippen molar-refractivity contribution >= 4 is 30.8 Å². The Morgan fingerprint density at radius 3 is 2.09 bits per heavy atom. The fourth-order valence-electron chi connectivity index (χ4n) is 3.35. The van der Waals surface area contributed by atoms with Crippen molar-refractivity contribution in [1.29, 1.82) is 0 Å². The van der Waals surface area contributed by atoms with E-state index < -0.39 is 30.7 Å². The first-order chi connectivity index (χ1) is 20.6. The predicted molar refractivity (Wildman–Crippen MR) is 160 cm³/mol. The Bertz CT molecular complexity index is 1310. The summed E-state index contributed by atoms with van der Waals surface area (Å²) in [6.45, 7) is 4.01. The Morgan fingerprint density at radius 2 is 1.51 bits per heavy atom. The summed E-state index contributed by atoms with van der Waals surface area (Å²) < 4.78 is 33.1. The number of ether oxygens (including phenoxy) is 2. The van der Waals surface area contributed by atoms with Gasteiger partial charge in [0.2, 0.25) is 5.91 Å². The molecule has 0 unspecified atom stereocenters. The van der Waals surface area contributed by atoms with E-state index >= 15 is 0 Å². The van der Waals surface area contributed by atoms with E-state index in [4.69, 9.17) is 24.3 Å². The van der Waals surface area contributed by atoms with Gasteiger partial charge in [0.1, 0.15) is 24.3 Å². The molecule has 0 aliphatic heterocycles. The zero-order valence-corrected chi connectivity index (χ0v) is 24.9. The van der Waals surface area contributed by atoms with E-state index in [2.05, 4.69) is 10.2 Å². The Hall–Kier alpha value is -4.45. The van der Waals surface area contributed by atoms with Gasteiger partial charge in [-0.05, 0) is 74.4 Å². The number of hydrogen-bond acceptors (Lipinski definition) is 11. The largest absolute Gasteiger partial charge is 0.489 e. The van der Waals surface area contributed by atoms with Crippen LogP contribution >= 0.6 is 7.60 Å². The number of rotatable bonds is 16. The van der Waals surface area contributed by atoms with Crippen molar-refractivity contribution in [2.24, 2.45) is 0 Å². The van der Waals surface area contributed by atoms with Crippen molar-refractivity contribution in [2.75, 3.05) is 37.0 Å². The molecule has 0 fully saturated rings. The highest BCUT2D eigenvalue weighted by Crippen LogP contribution is 2.47. The van der Waals surface area contributed by atoms with Crippen LogP contribution in [-0.2, 0) is 34.6 Å². The summed E-state index contributed by atoms with van der Waals surface area (Å²) in [5.74, 6) is -0.0283. The molecule has 14 heteroatoms. The maximum atomic E-state index is 12.3. The molecule has 3 aromatic carbocycles. The van der Waals surface area contributed by atoms with Crippen molar-refractivity contribution < 1.29 is 42.6 Å². The number of carbonyl (C=O) groups is 2. The number of hydrogen-bond donors (Lipinski definition) is 2. The lowest BCUT2D eigenvalue weighted by molar-refractivity contribution is -0.757. The SMILES string of the molecule is CCOP(=O)(CC(=O)Nc1ccc(OC(=O)CCCO[N+](=O)[O-])cc1)OCC.Nc1ccc(OCc2ccccc2)cc1. The Balaban J connectivity index is 0.000000358. The van der Waals surface area contributed by atoms with Crippen LogP contribution in [0.2, 0.25) is 0 Å². The van der Waals surface area contributed by atoms with Gasteiger partial charge in [0.15, 0.2) is 0 Å². The highest BCUT2D eigenvalue weighted by molar-refractivity contribution is 7.54. The number of nitrogens with two attached hydrogens (primary N) is 1. The summed E-state index contributed by atoms with van der Waals surface area (Å²) in [7, 11) is -3.49. The van der Waals surface area contributed by atoms with Crippen LogP contribution in [0.1, 0.15) is 32.3 Å². The molecule has 0 radical (unpaired) electrons. The van der Waals surface area contributed by atoms with Crippen molar-refractivity contribution in [1.82, 2.24) is 0 Å². The Kier molecular flexibility index (Phi) is 15.3. The molecule has 43 heavy (non-hydrogen) atoms. The second kappa shape index (κ2) is 18.9. The quantitative estimate of drug-likeness (QED) is 0.0387. The van der Waals surface area contributed by atoms with E-state index in [9.17, 15) is 24.3 Å². The van der Waals surface area contributed by atoms with Crippen LogP contribution in [0, 0.1) is 10.1 Å². The molecule has 0 spiro atoms. The zero-order valence-electron chi connectivity index (χ0n) is 24.0. The van der Waals surface area contributed by atoms with E-state index in [0.29, 0.717) is 12.3 Å². The summed E-state index contributed by atoms with van der Waals surface area (Å²) in [5.41, 5.74) is 7.90. The lowest BCUT2D eigenvalue weighted by atomic mass is 10.2. The molecule has 0 atom stereocenters. The van der Waals surface area contributed by atoms with Crippen LogP contribution in [0.15, 0.2) is 78.9 Å². The third kappa shape index (κ3) is 14.8. The van der Waals surface area contributed by atoms with E-state index in [-0.39, 0.29) is 38.4 Å². The van der Waals surface area contributed by atoms with Crippen molar-refractivity contribution in [3.8, 4) is 11.5 Å². The van der Waals surface area contributed by atoms with Gasteiger partial charge < -0.3 is 34.4 Å². The lowest BCUT2D eigenvalue weighted by Crippen LogP contribution is -2.18. The van der Waals surface area contributed by atoms with E-state index in [1.165, 1.54) is 24.3 Å². The van der Waals surface area contributed by atoms with Gasteiger partial charge in [-0.2, -0.15) is 0 Å². The van der Waals surface area contributed by atoms with Gasteiger partial charge in [0.05, 0.1) is 19.8 Å². The van der Waals surface area contributed by atoms with Gasteiger partial charge in [-0.25, -0.2) is 0 Å². The first kappa shape index (κ1) is 34.7. The number of nitrogen functional groups attached to an aromatic ring is 1. The van der Waals surface area contributed by atoms with Crippen LogP contribution in [-0.4, -0.2) is 42.9 Å². The highest BCUT2D eigenvalue weighted by Gasteiger charge is 2.27. The van der Waals surface area contributed by atoms with Gasteiger partial charge in [0, 0.05) is 17.8 Å². The molecule has 0 aromatic heterocycles. The van der Waals surface area contributed by atoms with Gasteiger partial charge in [0.25, 0.3) is 5.09 Å². The molecule has 0 aliphatic carbocycles. The molecule has 0 bridgehead atoms. The minimum absolute atomic E-state index is 0.0452. The Morgan fingerprint density at radius 1 is 0.907 bits per heavy atom. The number of anilines is 2. The summed E-state index contributed by atoms with van der Waals surface area (Å²) in [6, 6.07) is 23.4. The summed E-state index contributed by atoms with van der Waals surface area (Å²) in [4.78, 5) is 37.8. The smallest absolute Gasteiger partial charge is 0.340 e. The van der Waals surface area contributed by atoms with Gasteiger partial charge in [-0.3, -0.25) is 14.2 Å². The minimum atomic E-state index is -3.49. The Labute approximate surface area is 249 Å². The number of nitrogens with one attached hydrogen (secondary N) is 1. The molecule has 13 nitrogen and oxygen atoms in total. The van der Waals surface area contributed by atoms with Crippen molar-refractivity contribution in [3.05, 3.63) is 94.5 Å². The second-order valence-electron chi connectivity index (χ2n) is 8.65. The number of nitrogens with zero attached hydrogens (tertiary/aromatic N) is 1. The monoisotopic (exact) mass is 617 g/mol. The molecule has 0 saturated carbocycles. The van der Waals surface area contributed by atoms with Crippen LogP contribution in [0.4, 0.5) is 11.4 Å². The number of benzene rings is 3. The highest BCUT2D eigenvalue weighted by atomic mass is 31.2. The van der Waals surface area contributed by atoms with Crippen molar-refractivity contribution in [2.45, 2.75) is 33.3 Å². The van der Waals surface area contributed by atoms with Crippen molar-refractivity contribution in [3.63, 3.8) is 0 Å². The fraction of sp³-hybridized carbons (Fsp3) is 0.310. The van der Waals surface area contributed by atoms with E-state index in [1.807, 2.05) is 54.6 Å². The first-order valence-electron chi connectivity index (χ1n) is 13.4. The summed E-state index contributed by atoms with van der Waals surface area (Å²) >= 11 is 0. The molecule has 1 amide bonds. The lowest BCUT2D eigenvalue weighted by Gasteiger charge is -2.16. The molecular weight excluding hydrogens is 581 g/mol. The summed E-state index contributed by atoms with van der Waals surface area (Å²) in [5, 5.41) is 11.6. The van der Waals surface area contributed by atoms with Gasteiger partial charge in [-0.15, -0.1) is 10.1 Å². The second-order valence-corrected chi connectivity index (χ2v) is 10.7. The average Bonchev–Trinajstić information content (AvgIpc) is 2.97. The fourth-order valence-corrected chi connectivity index (χ4v) is 4.82. The molecule has 3 rings (SSSR count). The van der Waals surface area contributed by atoms with Crippen LogP contribution in [0.5, 0.6) is 11.5 Å². The molecule has 0 heterocycles. The van der Waals surface area contributed by atoms with Gasteiger partial charge in [-0.1, -0.05) is 30.3 Å². The van der Waals surface area contributed by atoms with Crippen LogP contribution in [0.25, 0.3) is 0 Å². The minimum Gasteiger partial charge on any atom is -0.489 e. The van der Waals surface area contributed by atoms with Gasteiger partial charge >= 0.3 is 13.6 Å². The average molecular weight is 618 g/mol. The topological polar surface area (TPSA) is 179 Å². The number of carbonyl (C=O) groups excluding carboxylic acids is 2.